The van der Waals surface area contributed by atoms with E-state index in [1.54, 1.807) is 6.07 Å². The molecule has 0 spiro atoms. The van der Waals surface area contributed by atoms with Crippen molar-refractivity contribution in [2.75, 3.05) is 29.9 Å². The van der Waals surface area contributed by atoms with Crippen LogP contribution in [0.4, 0.5) is 17.1 Å². The van der Waals surface area contributed by atoms with Crippen LogP contribution in [0.1, 0.15) is 18.9 Å². The SMILES string of the molecule is CCN(CCCO)c1cc2c(cc1[N+](=O)[O-])CC(=O)N2. The number of benzene rings is 1. The fourth-order valence-electron chi connectivity index (χ4n) is 2.36. The number of aliphatic hydroxyl groups is 1. The Kier molecular flexibility index (Phi) is 4.19. The Morgan fingerprint density at radius 2 is 2.25 bits per heavy atom. The third kappa shape index (κ3) is 2.72. The third-order valence-electron chi connectivity index (χ3n) is 3.33. The molecule has 1 aliphatic rings. The van der Waals surface area contributed by atoms with Gasteiger partial charge in [-0.1, -0.05) is 0 Å². The molecule has 0 atom stereocenters. The molecule has 7 nitrogen and oxygen atoms in total. The van der Waals surface area contributed by atoms with E-state index in [2.05, 4.69) is 5.32 Å². The van der Waals surface area contributed by atoms with Crippen molar-refractivity contribution in [1.82, 2.24) is 0 Å². The fourth-order valence-corrected chi connectivity index (χ4v) is 2.36. The maximum atomic E-state index is 11.4. The summed E-state index contributed by atoms with van der Waals surface area (Å²) in [6.07, 6.45) is 0.716. The highest BCUT2D eigenvalue weighted by Crippen LogP contribution is 2.36. The highest BCUT2D eigenvalue weighted by Gasteiger charge is 2.26. The first-order chi connectivity index (χ1) is 9.56. The normalized spacial score (nSPS) is 13.0. The van der Waals surface area contributed by atoms with Crippen LogP contribution >= 0.6 is 0 Å². The second-order valence-electron chi connectivity index (χ2n) is 4.64. The number of amides is 1. The van der Waals surface area contributed by atoms with Crippen LogP contribution in [0.15, 0.2) is 12.1 Å². The van der Waals surface area contributed by atoms with E-state index in [1.807, 2.05) is 11.8 Å². The van der Waals surface area contributed by atoms with Crippen LogP contribution in [0.5, 0.6) is 0 Å². The Hall–Kier alpha value is -2.15. The first-order valence-corrected chi connectivity index (χ1v) is 6.53. The topological polar surface area (TPSA) is 95.7 Å². The van der Waals surface area contributed by atoms with Gasteiger partial charge in [-0.25, -0.2) is 0 Å². The third-order valence-corrected chi connectivity index (χ3v) is 3.33. The first kappa shape index (κ1) is 14.3. The molecule has 0 fully saturated rings. The second kappa shape index (κ2) is 5.87. The van der Waals surface area contributed by atoms with E-state index in [4.69, 9.17) is 5.11 Å². The summed E-state index contributed by atoms with van der Waals surface area (Å²) in [6, 6.07) is 3.11. The van der Waals surface area contributed by atoms with Gasteiger partial charge in [-0.15, -0.1) is 0 Å². The van der Waals surface area contributed by atoms with Crippen molar-refractivity contribution in [3.63, 3.8) is 0 Å². The van der Waals surface area contributed by atoms with E-state index < -0.39 is 4.92 Å². The van der Waals surface area contributed by atoms with Gasteiger partial charge < -0.3 is 15.3 Å². The number of anilines is 2. The Bertz CT molecular complexity index is 545. The van der Waals surface area contributed by atoms with Crippen molar-refractivity contribution < 1.29 is 14.8 Å². The maximum Gasteiger partial charge on any atom is 0.292 e. The number of hydrogen-bond acceptors (Lipinski definition) is 5. The molecule has 0 aromatic heterocycles. The number of hydrogen-bond donors (Lipinski definition) is 2. The van der Waals surface area contributed by atoms with Crippen molar-refractivity contribution in [1.29, 1.82) is 0 Å². The minimum Gasteiger partial charge on any atom is -0.396 e. The molecule has 1 amide bonds. The number of nitro benzene ring substituents is 1. The Morgan fingerprint density at radius 1 is 1.50 bits per heavy atom. The molecule has 1 aromatic carbocycles. The summed E-state index contributed by atoms with van der Waals surface area (Å²) in [6.45, 7) is 3.05. The molecule has 1 heterocycles. The Morgan fingerprint density at radius 3 is 2.85 bits per heavy atom. The minimum atomic E-state index is -0.431. The lowest BCUT2D eigenvalue weighted by molar-refractivity contribution is -0.384. The van der Waals surface area contributed by atoms with Crippen molar-refractivity contribution in [3.05, 3.63) is 27.8 Å². The zero-order valence-corrected chi connectivity index (χ0v) is 11.3. The average Bonchev–Trinajstić information content (AvgIpc) is 2.77. The van der Waals surface area contributed by atoms with Gasteiger partial charge in [0, 0.05) is 31.5 Å². The second-order valence-corrected chi connectivity index (χ2v) is 4.64. The van der Waals surface area contributed by atoms with Crippen LogP contribution in [0.2, 0.25) is 0 Å². The van der Waals surface area contributed by atoms with E-state index in [-0.39, 0.29) is 24.6 Å². The van der Waals surface area contributed by atoms with Crippen LogP contribution in [0.25, 0.3) is 0 Å². The molecule has 0 saturated carbocycles. The summed E-state index contributed by atoms with van der Waals surface area (Å²) >= 11 is 0. The summed E-state index contributed by atoms with van der Waals surface area (Å²) in [4.78, 5) is 24.0. The van der Waals surface area contributed by atoms with Gasteiger partial charge in [-0.3, -0.25) is 14.9 Å². The van der Waals surface area contributed by atoms with Crippen molar-refractivity contribution in [3.8, 4) is 0 Å². The summed E-state index contributed by atoms with van der Waals surface area (Å²) in [5.41, 5.74) is 1.77. The Balaban J connectivity index is 2.42. The number of fused-ring (bicyclic) bond motifs is 1. The van der Waals surface area contributed by atoms with Gasteiger partial charge in [-0.2, -0.15) is 0 Å². The molecule has 2 rings (SSSR count). The molecular weight excluding hydrogens is 262 g/mol. The molecular formula is C13H17N3O4. The smallest absolute Gasteiger partial charge is 0.292 e. The van der Waals surface area contributed by atoms with Crippen molar-refractivity contribution >= 4 is 23.0 Å². The number of nitrogens with zero attached hydrogens (tertiary/aromatic N) is 2. The molecule has 0 radical (unpaired) electrons. The highest BCUT2D eigenvalue weighted by atomic mass is 16.6. The lowest BCUT2D eigenvalue weighted by Gasteiger charge is -2.23. The average molecular weight is 279 g/mol. The van der Waals surface area contributed by atoms with Crippen LogP contribution in [0.3, 0.4) is 0 Å². The fraction of sp³-hybridized carbons (Fsp3) is 0.462. The number of aliphatic hydroxyl groups excluding tert-OH is 1. The van der Waals surface area contributed by atoms with E-state index in [0.717, 1.165) is 0 Å². The maximum absolute atomic E-state index is 11.4. The number of nitrogens with one attached hydrogen (secondary N) is 1. The monoisotopic (exact) mass is 279 g/mol. The van der Waals surface area contributed by atoms with Crippen LogP contribution in [-0.2, 0) is 11.2 Å². The summed E-state index contributed by atoms with van der Waals surface area (Å²) in [7, 11) is 0. The van der Waals surface area contributed by atoms with Gasteiger partial charge in [0.2, 0.25) is 5.91 Å². The van der Waals surface area contributed by atoms with Gasteiger partial charge in [0.15, 0.2) is 0 Å². The van der Waals surface area contributed by atoms with Gasteiger partial charge in [-0.05, 0) is 25.0 Å². The predicted octanol–water partition coefficient (Wildman–Crippen LogP) is 1.30. The quantitative estimate of drug-likeness (QED) is 0.604. The van der Waals surface area contributed by atoms with Crippen LogP contribution < -0.4 is 10.2 Å². The number of rotatable bonds is 6. The predicted molar refractivity (Wildman–Crippen MR) is 75.0 cm³/mol. The molecule has 0 bridgehead atoms. The largest absolute Gasteiger partial charge is 0.396 e. The van der Waals surface area contributed by atoms with E-state index >= 15 is 0 Å². The zero-order valence-electron chi connectivity index (χ0n) is 11.3. The minimum absolute atomic E-state index is 0.0000368. The molecule has 108 valence electrons. The van der Waals surface area contributed by atoms with Gasteiger partial charge >= 0.3 is 0 Å². The molecule has 20 heavy (non-hydrogen) atoms. The lowest BCUT2D eigenvalue weighted by Crippen LogP contribution is -2.25. The van der Waals surface area contributed by atoms with E-state index in [9.17, 15) is 14.9 Å². The van der Waals surface area contributed by atoms with Crippen LogP contribution in [-0.4, -0.2) is 35.6 Å². The molecule has 2 N–H and O–H groups in total. The summed E-state index contributed by atoms with van der Waals surface area (Å²) in [5, 5.41) is 22.8. The number of nitro groups is 1. The van der Waals surface area contributed by atoms with E-state index in [1.165, 1.54) is 6.07 Å². The summed E-state index contributed by atoms with van der Waals surface area (Å²) in [5.74, 6) is -0.148. The van der Waals surface area contributed by atoms with Gasteiger partial charge in [0.25, 0.3) is 5.69 Å². The molecule has 1 aromatic rings. The van der Waals surface area contributed by atoms with Gasteiger partial charge in [0.05, 0.1) is 11.3 Å². The lowest BCUT2D eigenvalue weighted by atomic mass is 10.1. The standard InChI is InChI=1S/C13H17N3O4/c1-2-15(4-3-5-17)11-8-10-9(7-13(18)14-10)6-12(11)16(19)20/h6,8,17H,2-5,7H2,1H3,(H,14,18). The molecule has 0 aliphatic carbocycles. The molecule has 1 aliphatic heterocycles. The summed E-state index contributed by atoms with van der Waals surface area (Å²) < 4.78 is 0. The molecule has 0 unspecified atom stereocenters. The van der Waals surface area contributed by atoms with E-state index in [0.29, 0.717) is 36.4 Å². The zero-order chi connectivity index (χ0) is 14.7. The molecule has 7 heteroatoms. The van der Waals surface area contributed by atoms with Crippen molar-refractivity contribution in [2.24, 2.45) is 0 Å². The van der Waals surface area contributed by atoms with Crippen LogP contribution in [0, 0.1) is 10.1 Å². The first-order valence-electron chi connectivity index (χ1n) is 6.53. The number of carbonyl (C=O) groups is 1. The Labute approximate surface area is 116 Å². The molecule has 0 saturated heterocycles. The number of carbonyl (C=O) groups excluding carboxylic acids is 1. The highest BCUT2D eigenvalue weighted by molar-refractivity contribution is 6.00. The van der Waals surface area contributed by atoms with Crippen molar-refractivity contribution in [2.45, 2.75) is 19.8 Å². The van der Waals surface area contributed by atoms with Gasteiger partial charge in [0.1, 0.15) is 5.69 Å².